The molecule has 1 unspecified atom stereocenters. The van der Waals surface area contributed by atoms with Crippen LogP contribution in [0.4, 0.5) is 0 Å². The molecule has 2 aromatic rings. The van der Waals surface area contributed by atoms with Crippen LogP contribution in [0.2, 0.25) is 0 Å². The van der Waals surface area contributed by atoms with Crippen LogP contribution >= 0.6 is 0 Å². The maximum atomic E-state index is 5.38. The maximum Gasteiger partial charge on any atom is 0.229 e. The second-order valence-corrected chi connectivity index (χ2v) is 5.82. The van der Waals surface area contributed by atoms with Gasteiger partial charge in [0, 0.05) is 18.5 Å². The lowest BCUT2D eigenvalue weighted by Gasteiger charge is -2.20. The highest BCUT2D eigenvalue weighted by atomic mass is 16.5. The summed E-state index contributed by atoms with van der Waals surface area (Å²) in [6, 6.07) is 2.24. The van der Waals surface area contributed by atoms with E-state index in [0.29, 0.717) is 5.92 Å². The van der Waals surface area contributed by atoms with Gasteiger partial charge in [-0.05, 0) is 39.2 Å². The Morgan fingerprint density at radius 2 is 2.15 bits per heavy atom. The summed E-state index contributed by atoms with van der Waals surface area (Å²) in [6.45, 7) is 3.75. The first-order valence-corrected chi connectivity index (χ1v) is 7.29. The van der Waals surface area contributed by atoms with Crippen LogP contribution in [0.5, 0.6) is 0 Å². The number of nitrogens with zero attached hydrogens (tertiary/aromatic N) is 4. The van der Waals surface area contributed by atoms with Gasteiger partial charge in [0.05, 0.1) is 11.7 Å². The molecule has 0 bridgehead atoms. The third-order valence-electron chi connectivity index (χ3n) is 4.09. The van der Waals surface area contributed by atoms with E-state index >= 15 is 0 Å². The first-order valence-electron chi connectivity index (χ1n) is 7.29. The highest BCUT2D eigenvalue weighted by molar-refractivity contribution is 5.08. The summed E-state index contributed by atoms with van der Waals surface area (Å²) in [5, 5.41) is 8.25. The molecular weight excluding hydrogens is 256 g/mol. The van der Waals surface area contributed by atoms with Crippen molar-refractivity contribution in [3.8, 4) is 0 Å². The molecule has 2 fully saturated rings. The van der Waals surface area contributed by atoms with Crippen molar-refractivity contribution in [1.29, 1.82) is 0 Å². The van der Waals surface area contributed by atoms with Crippen molar-refractivity contribution in [3.63, 3.8) is 0 Å². The molecule has 1 atom stereocenters. The molecule has 0 spiro atoms. The number of hydrogen-bond donors (Lipinski definition) is 0. The normalized spacial score (nSPS) is 23.6. The van der Waals surface area contributed by atoms with Crippen LogP contribution in [-0.4, -0.2) is 26.7 Å². The highest BCUT2D eigenvalue weighted by Gasteiger charge is 2.34. The number of aryl methyl sites for hydroxylation is 1. The van der Waals surface area contributed by atoms with E-state index in [1.807, 2.05) is 13.0 Å². The molecule has 0 N–H and O–H groups in total. The van der Waals surface area contributed by atoms with Gasteiger partial charge < -0.3 is 9.05 Å². The fourth-order valence-electron chi connectivity index (χ4n) is 2.89. The van der Waals surface area contributed by atoms with Crippen molar-refractivity contribution in [2.45, 2.75) is 51.1 Å². The molecule has 0 amide bonds. The fraction of sp³-hybridized carbons (Fsp3) is 0.643. The zero-order chi connectivity index (χ0) is 13.5. The number of aromatic nitrogens is 3. The molecule has 2 aromatic heterocycles. The summed E-state index contributed by atoms with van der Waals surface area (Å²) in [7, 11) is 0. The molecule has 0 aromatic carbocycles. The van der Waals surface area contributed by atoms with E-state index in [1.165, 1.54) is 12.8 Å². The van der Waals surface area contributed by atoms with Gasteiger partial charge in [0.1, 0.15) is 5.76 Å². The Morgan fingerprint density at radius 1 is 1.25 bits per heavy atom. The predicted molar refractivity (Wildman–Crippen MR) is 69.9 cm³/mol. The van der Waals surface area contributed by atoms with Crippen molar-refractivity contribution in [2.75, 3.05) is 6.54 Å². The quantitative estimate of drug-likeness (QED) is 0.853. The zero-order valence-electron chi connectivity index (χ0n) is 11.6. The van der Waals surface area contributed by atoms with Gasteiger partial charge in [-0.1, -0.05) is 10.3 Å². The SMILES string of the molecule is Cc1cc(CN2CCCC2c2noc(C3CC3)n2)no1. The predicted octanol–water partition coefficient (Wildman–Crippen LogP) is 2.58. The van der Waals surface area contributed by atoms with Crippen molar-refractivity contribution in [1.82, 2.24) is 20.2 Å². The minimum absolute atomic E-state index is 0.253. The lowest BCUT2D eigenvalue weighted by molar-refractivity contribution is 0.227. The standard InChI is InChI=1S/C14H18N4O2/c1-9-7-11(16-19-9)8-18-6-2-3-12(18)13-15-14(20-17-13)10-4-5-10/h7,10,12H,2-6,8H2,1H3. The molecule has 6 nitrogen and oxygen atoms in total. The molecule has 1 aliphatic carbocycles. The average molecular weight is 274 g/mol. The van der Waals surface area contributed by atoms with E-state index in [2.05, 4.69) is 20.2 Å². The second-order valence-electron chi connectivity index (χ2n) is 5.82. The van der Waals surface area contributed by atoms with E-state index in [1.54, 1.807) is 0 Å². The average Bonchev–Trinajstić information content (AvgIpc) is 2.87. The molecule has 6 heteroatoms. The van der Waals surface area contributed by atoms with Gasteiger partial charge in [-0.15, -0.1) is 0 Å². The van der Waals surface area contributed by atoms with E-state index in [0.717, 1.165) is 49.1 Å². The Bertz CT molecular complexity index is 602. The van der Waals surface area contributed by atoms with Gasteiger partial charge in [0.15, 0.2) is 5.82 Å². The summed E-state index contributed by atoms with van der Waals surface area (Å²) in [5.74, 6) is 3.03. The number of likely N-dealkylation sites (tertiary alicyclic amines) is 1. The molecular formula is C14H18N4O2. The van der Waals surface area contributed by atoms with Crippen LogP contribution in [0.1, 0.15) is 60.8 Å². The van der Waals surface area contributed by atoms with E-state index in [-0.39, 0.29) is 6.04 Å². The minimum Gasteiger partial charge on any atom is -0.361 e. The van der Waals surface area contributed by atoms with Gasteiger partial charge >= 0.3 is 0 Å². The fourth-order valence-corrected chi connectivity index (χ4v) is 2.89. The van der Waals surface area contributed by atoms with E-state index in [9.17, 15) is 0 Å². The largest absolute Gasteiger partial charge is 0.361 e. The molecule has 2 aliphatic rings. The maximum absolute atomic E-state index is 5.38. The van der Waals surface area contributed by atoms with E-state index < -0.39 is 0 Å². The molecule has 4 rings (SSSR count). The Morgan fingerprint density at radius 3 is 2.90 bits per heavy atom. The van der Waals surface area contributed by atoms with Crippen LogP contribution in [0.15, 0.2) is 15.1 Å². The lowest BCUT2D eigenvalue weighted by atomic mass is 10.2. The Balaban J connectivity index is 1.50. The monoisotopic (exact) mass is 274 g/mol. The van der Waals surface area contributed by atoms with Gasteiger partial charge in [0.2, 0.25) is 5.89 Å². The Kier molecular flexibility index (Phi) is 2.84. The molecule has 1 aliphatic heterocycles. The summed E-state index contributed by atoms with van der Waals surface area (Å²) < 4.78 is 10.5. The van der Waals surface area contributed by atoms with Crippen molar-refractivity contribution in [3.05, 3.63) is 29.2 Å². The van der Waals surface area contributed by atoms with Crippen LogP contribution in [0.25, 0.3) is 0 Å². The first kappa shape index (κ1) is 12.1. The Hall–Kier alpha value is -1.69. The van der Waals surface area contributed by atoms with Gasteiger partial charge in [-0.25, -0.2) is 0 Å². The lowest BCUT2D eigenvalue weighted by Crippen LogP contribution is -2.23. The minimum atomic E-state index is 0.253. The van der Waals surface area contributed by atoms with Crippen LogP contribution in [0, 0.1) is 6.92 Å². The topological polar surface area (TPSA) is 68.2 Å². The molecule has 1 saturated heterocycles. The molecule has 1 saturated carbocycles. The summed E-state index contributed by atoms with van der Waals surface area (Å²) in [4.78, 5) is 6.95. The number of hydrogen-bond acceptors (Lipinski definition) is 6. The third-order valence-corrected chi connectivity index (χ3v) is 4.09. The molecule has 20 heavy (non-hydrogen) atoms. The van der Waals surface area contributed by atoms with Gasteiger partial charge in [-0.3, -0.25) is 4.90 Å². The summed E-state index contributed by atoms with van der Waals surface area (Å²) in [6.07, 6.45) is 4.62. The van der Waals surface area contributed by atoms with Crippen molar-refractivity contribution < 1.29 is 9.05 Å². The third kappa shape index (κ3) is 2.24. The van der Waals surface area contributed by atoms with Crippen LogP contribution in [0.3, 0.4) is 0 Å². The molecule has 3 heterocycles. The van der Waals surface area contributed by atoms with Crippen LogP contribution in [-0.2, 0) is 6.54 Å². The van der Waals surface area contributed by atoms with Gasteiger partial charge in [0.25, 0.3) is 0 Å². The first-order chi connectivity index (χ1) is 9.79. The van der Waals surface area contributed by atoms with Crippen molar-refractivity contribution >= 4 is 0 Å². The van der Waals surface area contributed by atoms with Crippen molar-refractivity contribution in [2.24, 2.45) is 0 Å². The summed E-state index contributed by atoms with van der Waals surface area (Å²) in [5.41, 5.74) is 0.973. The smallest absolute Gasteiger partial charge is 0.229 e. The zero-order valence-corrected chi connectivity index (χ0v) is 11.6. The number of rotatable bonds is 4. The van der Waals surface area contributed by atoms with E-state index in [4.69, 9.17) is 9.05 Å². The highest BCUT2D eigenvalue weighted by Crippen LogP contribution is 2.40. The van der Waals surface area contributed by atoms with Gasteiger partial charge in [-0.2, -0.15) is 4.98 Å². The summed E-state index contributed by atoms with van der Waals surface area (Å²) >= 11 is 0. The second kappa shape index (κ2) is 4.70. The van der Waals surface area contributed by atoms with Crippen LogP contribution < -0.4 is 0 Å². The molecule has 0 radical (unpaired) electrons. The Labute approximate surface area is 117 Å². The molecule has 106 valence electrons.